The summed E-state index contributed by atoms with van der Waals surface area (Å²) >= 11 is 0. The molecule has 12 aromatic rings. The fourth-order valence-electron chi connectivity index (χ4n) is 9.34. The van der Waals surface area contributed by atoms with Gasteiger partial charge in [-0.2, -0.15) is 0 Å². The van der Waals surface area contributed by atoms with E-state index < -0.39 is 0 Å². The van der Waals surface area contributed by atoms with Gasteiger partial charge in [-0.1, -0.05) is 146 Å². The van der Waals surface area contributed by atoms with E-state index in [4.69, 9.17) is 0 Å². The number of hydrogen-bond acceptors (Lipinski definition) is 0. The Morgan fingerprint density at radius 3 is 1.28 bits per heavy atom. The molecule has 0 aliphatic carbocycles. The molecule has 0 saturated heterocycles. The zero-order chi connectivity index (χ0) is 37.5. The average Bonchev–Trinajstić information content (AvgIpc) is 3.93. The summed E-state index contributed by atoms with van der Waals surface area (Å²) in [5.74, 6) is 0. The van der Waals surface area contributed by atoms with Crippen molar-refractivity contribution < 1.29 is 0 Å². The minimum atomic E-state index is 1.14. The van der Waals surface area contributed by atoms with E-state index in [1.54, 1.807) is 0 Å². The lowest BCUT2D eigenvalue weighted by Crippen LogP contribution is -1.96. The van der Waals surface area contributed by atoms with E-state index in [0.29, 0.717) is 0 Å². The lowest BCUT2D eigenvalue weighted by atomic mass is 10.0. The van der Waals surface area contributed by atoms with Crippen molar-refractivity contribution in [3.05, 3.63) is 212 Å². The van der Waals surface area contributed by atoms with Gasteiger partial charge in [0, 0.05) is 49.4 Å². The van der Waals surface area contributed by atoms with Gasteiger partial charge in [-0.05, 0) is 89.0 Å². The van der Waals surface area contributed by atoms with Crippen molar-refractivity contribution >= 4 is 65.4 Å². The molecule has 0 atom stereocenters. The van der Waals surface area contributed by atoms with Crippen LogP contribution >= 0.6 is 0 Å². The predicted molar refractivity (Wildman–Crippen MR) is 240 cm³/mol. The standard InChI is InChI=1S/C54H35N3/c1-2-14-36(15-3-1)38-16-13-19-42(35-38)57-50-26-10-6-22-45(50)46-32-33-52-53(54(46)57)47-23-7-11-27-51(47)56(52)41-18-12-17-39(34-41)37-28-30-40(31-29-37)55-48-24-8-4-20-43(48)44-21-5-9-25-49(44)55/h1-35H. The summed E-state index contributed by atoms with van der Waals surface area (Å²) in [6.07, 6.45) is 0. The highest BCUT2D eigenvalue weighted by molar-refractivity contribution is 6.26. The number of rotatable bonds is 5. The number of fused-ring (bicyclic) bond motifs is 10. The van der Waals surface area contributed by atoms with Gasteiger partial charge in [0.1, 0.15) is 0 Å². The van der Waals surface area contributed by atoms with E-state index in [2.05, 4.69) is 226 Å². The van der Waals surface area contributed by atoms with Gasteiger partial charge in [0.2, 0.25) is 0 Å². The van der Waals surface area contributed by atoms with Gasteiger partial charge < -0.3 is 13.7 Å². The third-order valence-corrected chi connectivity index (χ3v) is 11.8. The van der Waals surface area contributed by atoms with Crippen LogP contribution in [0.2, 0.25) is 0 Å². The smallest absolute Gasteiger partial charge is 0.0641 e. The van der Waals surface area contributed by atoms with E-state index in [-0.39, 0.29) is 0 Å². The van der Waals surface area contributed by atoms with Gasteiger partial charge >= 0.3 is 0 Å². The summed E-state index contributed by atoms with van der Waals surface area (Å²) in [5, 5.41) is 7.54. The molecule has 0 radical (unpaired) electrons. The Bertz CT molecular complexity index is 3450. The number of benzene rings is 9. The summed E-state index contributed by atoms with van der Waals surface area (Å²) in [6.45, 7) is 0. The molecule has 3 aromatic heterocycles. The minimum absolute atomic E-state index is 1.14. The topological polar surface area (TPSA) is 14.8 Å². The number of para-hydroxylation sites is 4. The molecule has 0 aliphatic rings. The summed E-state index contributed by atoms with van der Waals surface area (Å²) in [6, 6.07) is 77.4. The molecule has 57 heavy (non-hydrogen) atoms. The maximum absolute atomic E-state index is 2.48. The first-order valence-electron chi connectivity index (χ1n) is 19.6. The fraction of sp³-hybridized carbons (Fsp3) is 0. The largest absolute Gasteiger partial charge is 0.309 e. The lowest BCUT2D eigenvalue weighted by molar-refractivity contribution is 1.17. The van der Waals surface area contributed by atoms with Crippen molar-refractivity contribution in [2.45, 2.75) is 0 Å². The number of hydrogen-bond donors (Lipinski definition) is 0. The number of nitrogens with zero attached hydrogens (tertiary/aromatic N) is 3. The second-order valence-electron chi connectivity index (χ2n) is 14.9. The summed E-state index contributed by atoms with van der Waals surface area (Å²) in [7, 11) is 0. The summed E-state index contributed by atoms with van der Waals surface area (Å²) < 4.78 is 7.30. The molecule has 12 rings (SSSR count). The summed E-state index contributed by atoms with van der Waals surface area (Å²) in [4.78, 5) is 0. The third-order valence-electron chi connectivity index (χ3n) is 11.8. The van der Waals surface area contributed by atoms with E-state index in [1.807, 2.05) is 0 Å². The van der Waals surface area contributed by atoms with E-state index in [1.165, 1.54) is 87.7 Å². The lowest BCUT2D eigenvalue weighted by Gasteiger charge is -2.13. The Morgan fingerprint density at radius 2 is 0.667 bits per heavy atom. The highest BCUT2D eigenvalue weighted by Crippen LogP contribution is 2.43. The first-order chi connectivity index (χ1) is 28.3. The van der Waals surface area contributed by atoms with Crippen molar-refractivity contribution in [3.8, 4) is 39.3 Å². The van der Waals surface area contributed by atoms with Gasteiger partial charge in [0.25, 0.3) is 0 Å². The van der Waals surface area contributed by atoms with Gasteiger partial charge in [0.15, 0.2) is 0 Å². The Hall–Kier alpha value is -7.62. The summed E-state index contributed by atoms with van der Waals surface area (Å²) in [5.41, 5.74) is 15.5. The molecular formula is C54H35N3. The maximum atomic E-state index is 2.48. The van der Waals surface area contributed by atoms with Crippen molar-refractivity contribution in [3.63, 3.8) is 0 Å². The molecule has 266 valence electrons. The van der Waals surface area contributed by atoms with Crippen molar-refractivity contribution in [2.24, 2.45) is 0 Å². The molecule has 3 heterocycles. The van der Waals surface area contributed by atoms with E-state index >= 15 is 0 Å². The molecule has 9 aromatic carbocycles. The third kappa shape index (κ3) is 4.79. The van der Waals surface area contributed by atoms with Crippen molar-refractivity contribution in [1.82, 2.24) is 13.7 Å². The highest BCUT2D eigenvalue weighted by Gasteiger charge is 2.21. The number of aromatic nitrogens is 3. The van der Waals surface area contributed by atoms with Crippen LogP contribution in [0.15, 0.2) is 212 Å². The van der Waals surface area contributed by atoms with Crippen LogP contribution in [0.25, 0.3) is 105 Å². The first kappa shape index (κ1) is 31.7. The molecule has 0 N–H and O–H groups in total. The van der Waals surface area contributed by atoms with Crippen molar-refractivity contribution in [2.75, 3.05) is 0 Å². The molecule has 3 heteroatoms. The molecule has 3 nitrogen and oxygen atoms in total. The van der Waals surface area contributed by atoms with Gasteiger partial charge in [-0.15, -0.1) is 0 Å². The monoisotopic (exact) mass is 725 g/mol. The second kappa shape index (κ2) is 12.5. The Labute approximate surface area is 329 Å². The van der Waals surface area contributed by atoms with Crippen LogP contribution in [0, 0.1) is 0 Å². The van der Waals surface area contributed by atoms with Gasteiger partial charge in [-0.25, -0.2) is 0 Å². The minimum Gasteiger partial charge on any atom is -0.309 e. The molecule has 0 unspecified atom stereocenters. The average molecular weight is 726 g/mol. The molecule has 0 aliphatic heterocycles. The molecule has 0 amide bonds. The maximum Gasteiger partial charge on any atom is 0.0641 e. The molecule has 0 bridgehead atoms. The highest BCUT2D eigenvalue weighted by atomic mass is 15.0. The van der Waals surface area contributed by atoms with Crippen LogP contribution in [0.3, 0.4) is 0 Å². The van der Waals surface area contributed by atoms with Gasteiger partial charge in [-0.3, -0.25) is 0 Å². The van der Waals surface area contributed by atoms with Crippen LogP contribution in [-0.4, -0.2) is 13.7 Å². The van der Waals surface area contributed by atoms with E-state index in [0.717, 1.165) is 17.1 Å². The van der Waals surface area contributed by atoms with Crippen molar-refractivity contribution in [1.29, 1.82) is 0 Å². The van der Waals surface area contributed by atoms with E-state index in [9.17, 15) is 0 Å². The fourth-order valence-corrected chi connectivity index (χ4v) is 9.34. The zero-order valence-corrected chi connectivity index (χ0v) is 31.0. The van der Waals surface area contributed by atoms with Crippen LogP contribution in [-0.2, 0) is 0 Å². The molecule has 0 spiro atoms. The normalized spacial score (nSPS) is 11.9. The van der Waals surface area contributed by atoms with Crippen LogP contribution < -0.4 is 0 Å². The Balaban J connectivity index is 1.04. The second-order valence-corrected chi connectivity index (χ2v) is 14.9. The van der Waals surface area contributed by atoms with Crippen LogP contribution in [0.1, 0.15) is 0 Å². The predicted octanol–water partition coefficient (Wildman–Crippen LogP) is 14.3. The Morgan fingerprint density at radius 1 is 0.228 bits per heavy atom. The van der Waals surface area contributed by atoms with Crippen LogP contribution in [0.5, 0.6) is 0 Å². The molecular weight excluding hydrogens is 691 g/mol. The Kier molecular flexibility index (Phi) is 6.93. The van der Waals surface area contributed by atoms with Gasteiger partial charge in [0.05, 0.1) is 33.1 Å². The zero-order valence-electron chi connectivity index (χ0n) is 31.0. The first-order valence-corrected chi connectivity index (χ1v) is 19.6. The van der Waals surface area contributed by atoms with Crippen LogP contribution in [0.4, 0.5) is 0 Å². The SMILES string of the molecule is c1ccc(-c2cccc(-n3c4ccccc4c4ccc5c(c6ccccc6n5-c5cccc(-c6ccc(-n7c8ccccc8c8ccccc87)cc6)c5)c43)c2)cc1. The quantitative estimate of drug-likeness (QED) is 0.168. The molecule has 0 fully saturated rings. The molecule has 0 saturated carbocycles.